The van der Waals surface area contributed by atoms with E-state index in [2.05, 4.69) is 5.32 Å². The van der Waals surface area contributed by atoms with E-state index in [-0.39, 0.29) is 18.0 Å². The molecule has 1 aromatic carbocycles. The Balaban J connectivity index is 1.83. The summed E-state index contributed by atoms with van der Waals surface area (Å²) in [4.78, 5) is 0. The van der Waals surface area contributed by atoms with Crippen LogP contribution in [0.3, 0.4) is 0 Å². The fraction of sp³-hybridized carbons (Fsp3) is 0.600. The molecule has 2 unspecified atom stereocenters. The largest absolute Gasteiger partial charge is 0.490 e. The van der Waals surface area contributed by atoms with Crippen LogP contribution in [0.15, 0.2) is 18.2 Å². The van der Waals surface area contributed by atoms with E-state index in [9.17, 15) is 4.39 Å². The fourth-order valence-corrected chi connectivity index (χ4v) is 3.12. The van der Waals surface area contributed by atoms with Gasteiger partial charge in [-0.15, -0.1) is 0 Å². The Bertz CT molecular complexity index is 446. The first-order valence-electron chi connectivity index (χ1n) is 6.99. The third-order valence-electron chi connectivity index (χ3n) is 4.23. The van der Waals surface area contributed by atoms with Gasteiger partial charge in [0.05, 0.1) is 0 Å². The van der Waals surface area contributed by atoms with Gasteiger partial charge in [0.1, 0.15) is 17.7 Å². The summed E-state index contributed by atoms with van der Waals surface area (Å²) in [5, 5.41) is 3.28. The highest BCUT2D eigenvalue weighted by molar-refractivity contribution is 5.38. The predicted octanol–water partition coefficient (Wildman–Crippen LogP) is 2.66. The topological polar surface area (TPSA) is 30.5 Å². The molecule has 104 valence electrons. The average Bonchev–Trinajstić information content (AvgIpc) is 2.47. The minimum Gasteiger partial charge on any atom is -0.490 e. The lowest BCUT2D eigenvalue weighted by Crippen LogP contribution is -2.38. The quantitative estimate of drug-likeness (QED) is 0.891. The van der Waals surface area contributed by atoms with Crippen LogP contribution in [-0.4, -0.2) is 26.4 Å². The third-order valence-corrected chi connectivity index (χ3v) is 4.23. The molecule has 2 atom stereocenters. The van der Waals surface area contributed by atoms with E-state index in [4.69, 9.17) is 9.47 Å². The van der Waals surface area contributed by atoms with Gasteiger partial charge >= 0.3 is 0 Å². The van der Waals surface area contributed by atoms with Crippen molar-refractivity contribution in [1.82, 2.24) is 5.32 Å². The van der Waals surface area contributed by atoms with E-state index >= 15 is 0 Å². The molecule has 3 nitrogen and oxygen atoms in total. The molecule has 0 saturated carbocycles. The molecule has 1 aromatic rings. The fourth-order valence-electron chi connectivity index (χ4n) is 3.12. The van der Waals surface area contributed by atoms with Gasteiger partial charge < -0.3 is 14.8 Å². The van der Waals surface area contributed by atoms with E-state index in [1.54, 1.807) is 12.1 Å². The van der Waals surface area contributed by atoms with E-state index in [1.165, 1.54) is 6.07 Å². The molecular formula is C15H20FNO2. The Hall–Kier alpha value is -1.13. The standard InChI is InChI=1S/C15H20FNO2/c1-17-13-9-15(10-4-6-18-7-5-10)19-14-3-2-11(16)8-12(13)14/h2-3,8,10,13,15,17H,4-7,9H2,1H3. The summed E-state index contributed by atoms with van der Waals surface area (Å²) in [5.74, 6) is 1.17. The molecule has 19 heavy (non-hydrogen) atoms. The SMILES string of the molecule is CNC1CC(C2CCOCC2)Oc2ccc(F)cc21. The highest BCUT2D eigenvalue weighted by atomic mass is 19.1. The maximum absolute atomic E-state index is 13.4. The molecular weight excluding hydrogens is 245 g/mol. The van der Waals surface area contributed by atoms with Crippen LogP contribution in [0.1, 0.15) is 30.9 Å². The molecule has 1 saturated heterocycles. The lowest BCUT2D eigenvalue weighted by Gasteiger charge is -2.37. The van der Waals surface area contributed by atoms with Crippen LogP contribution >= 0.6 is 0 Å². The van der Waals surface area contributed by atoms with Gasteiger partial charge in [-0.2, -0.15) is 0 Å². The number of hydrogen-bond donors (Lipinski definition) is 1. The first-order valence-corrected chi connectivity index (χ1v) is 6.99. The van der Waals surface area contributed by atoms with Crippen molar-refractivity contribution in [2.75, 3.05) is 20.3 Å². The van der Waals surface area contributed by atoms with Gasteiger partial charge in [-0.1, -0.05) is 0 Å². The number of hydrogen-bond acceptors (Lipinski definition) is 3. The van der Waals surface area contributed by atoms with Gasteiger partial charge in [0.25, 0.3) is 0 Å². The minimum absolute atomic E-state index is 0.173. The number of nitrogens with one attached hydrogen (secondary N) is 1. The first-order chi connectivity index (χ1) is 9.28. The molecule has 0 aromatic heterocycles. The summed E-state index contributed by atoms with van der Waals surface area (Å²) in [6, 6.07) is 4.97. The number of rotatable bonds is 2. The van der Waals surface area contributed by atoms with Crippen LogP contribution < -0.4 is 10.1 Å². The zero-order chi connectivity index (χ0) is 13.2. The summed E-state index contributed by atoms with van der Waals surface area (Å²) in [6.45, 7) is 1.65. The van der Waals surface area contributed by atoms with Gasteiger partial charge in [0, 0.05) is 37.2 Å². The van der Waals surface area contributed by atoms with Crippen molar-refractivity contribution in [3.63, 3.8) is 0 Å². The molecule has 1 fully saturated rings. The van der Waals surface area contributed by atoms with Gasteiger partial charge in [-0.3, -0.25) is 0 Å². The summed E-state index contributed by atoms with van der Waals surface area (Å²) >= 11 is 0. The van der Waals surface area contributed by atoms with Crippen LogP contribution in [0.5, 0.6) is 5.75 Å². The maximum Gasteiger partial charge on any atom is 0.124 e. The second-order valence-electron chi connectivity index (χ2n) is 5.37. The molecule has 4 heteroatoms. The van der Waals surface area contributed by atoms with Crippen molar-refractivity contribution in [2.24, 2.45) is 5.92 Å². The smallest absolute Gasteiger partial charge is 0.124 e. The van der Waals surface area contributed by atoms with Gasteiger partial charge in [-0.05, 0) is 38.1 Å². The molecule has 0 amide bonds. The van der Waals surface area contributed by atoms with Crippen molar-refractivity contribution in [1.29, 1.82) is 0 Å². The molecule has 1 N–H and O–H groups in total. The summed E-state index contributed by atoms with van der Waals surface area (Å²) in [6.07, 6.45) is 3.21. The van der Waals surface area contributed by atoms with Crippen molar-refractivity contribution < 1.29 is 13.9 Å². The zero-order valence-electron chi connectivity index (χ0n) is 11.2. The monoisotopic (exact) mass is 265 g/mol. The van der Waals surface area contributed by atoms with E-state index in [0.717, 1.165) is 43.8 Å². The normalized spacial score (nSPS) is 27.7. The number of ether oxygens (including phenoxy) is 2. The Morgan fingerprint density at radius 3 is 2.79 bits per heavy atom. The summed E-state index contributed by atoms with van der Waals surface area (Å²) in [5.41, 5.74) is 0.936. The molecule has 2 aliphatic heterocycles. The Morgan fingerprint density at radius 1 is 1.26 bits per heavy atom. The maximum atomic E-state index is 13.4. The van der Waals surface area contributed by atoms with Gasteiger partial charge in [0.15, 0.2) is 0 Å². The summed E-state index contributed by atoms with van der Waals surface area (Å²) < 4.78 is 24.9. The lowest BCUT2D eigenvalue weighted by atomic mass is 9.86. The highest BCUT2D eigenvalue weighted by Gasteiger charge is 2.33. The molecule has 2 heterocycles. The predicted molar refractivity (Wildman–Crippen MR) is 70.8 cm³/mol. The molecule has 0 aliphatic carbocycles. The van der Waals surface area contributed by atoms with Crippen molar-refractivity contribution in [2.45, 2.75) is 31.4 Å². The van der Waals surface area contributed by atoms with E-state index in [1.807, 2.05) is 7.05 Å². The van der Waals surface area contributed by atoms with Crippen LogP contribution in [0.25, 0.3) is 0 Å². The highest BCUT2D eigenvalue weighted by Crippen LogP contribution is 2.39. The number of benzene rings is 1. The van der Waals surface area contributed by atoms with Crippen molar-refractivity contribution >= 4 is 0 Å². The Labute approximate surface area is 113 Å². The van der Waals surface area contributed by atoms with E-state index < -0.39 is 0 Å². The van der Waals surface area contributed by atoms with E-state index in [0.29, 0.717) is 5.92 Å². The first kappa shape index (κ1) is 12.9. The van der Waals surface area contributed by atoms with Crippen LogP contribution in [-0.2, 0) is 4.74 Å². The third kappa shape index (κ3) is 2.60. The molecule has 0 radical (unpaired) electrons. The molecule has 0 spiro atoms. The second-order valence-corrected chi connectivity index (χ2v) is 5.37. The van der Waals surface area contributed by atoms with Crippen LogP contribution in [0.2, 0.25) is 0 Å². The number of halogens is 1. The van der Waals surface area contributed by atoms with Crippen molar-refractivity contribution in [3.05, 3.63) is 29.6 Å². The van der Waals surface area contributed by atoms with Crippen LogP contribution in [0.4, 0.5) is 4.39 Å². The molecule has 3 rings (SSSR count). The minimum atomic E-state index is -0.202. The van der Waals surface area contributed by atoms with Crippen molar-refractivity contribution in [3.8, 4) is 5.75 Å². The molecule has 0 bridgehead atoms. The molecule has 2 aliphatic rings. The Morgan fingerprint density at radius 2 is 2.05 bits per heavy atom. The average molecular weight is 265 g/mol. The number of fused-ring (bicyclic) bond motifs is 1. The zero-order valence-corrected chi connectivity index (χ0v) is 11.2. The van der Waals surface area contributed by atoms with Crippen LogP contribution in [0, 0.1) is 11.7 Å². The summed E-state index contributed by atoms with van der Waals surface area (Å²) in [7, 11) is 1.92. The second kappa shape index (κ2) is 5.47. The lowest BCUT2D eigenvalue weighted by molar-refractivity contribution is 0.00563. The van der Waals surface area contributed by atoms with Gasteiger partial charge in [-0.25, -0.2) is 4.39 Å². The Kier molecular flexibility index (Phi) is 3.71. The van der Waals surface area contributed by atoms with Gasteiger partial charge in [0.2, 0.25) is 0 Å².